The Morgan fingerprint density at radius 1 is 1.06 bits per heavy atom. The molecule has 0 amide bonds. The van der Waals surface area contributed by atoms with Crippen LogP contribution in [0, 0.1) is 25.2 Å². The van der Waals surface area contributed by atoms with Crippen LogP contribution in [-0.2, 0) is 6.61 Å². The van der Waals surface area contributed by atoms with E-state index in [0.717, 1.165) is 11.3 Å². The van der Waals surface area contributed by atoms with E-state index in [9.17, 15) is 10.1 Å². The number of rotatable bonds is 7. The third-order valence-corrected chi connectivity index (χ3v) is 4.60. The highest BCUT2D eigenvalue weighted by Gasteiger charge is 2.16. The van der Waals surface area contributed by atoms with E-state index < -0.39 is 5.91 Å². The molecule has 0 bridgehead atoms. The van der Waals surface area contributed by atoms with Crippen LogP contribution in [0.4, 0.5) is 0 Å². The van der Waals surface area contributed by atoms with Gasteiger partial charge in [-0.2, -0.15) is 10.4 Å². The molecule has 31 heavy (non-hydrogen) atoms. The fraction of sp³-hybridized carbons (Fsp3) is 0.208. The van der Waals surface area contributed by atoms with Gasteiger partial charge in [0.15, 0.2) is 11.5 Å². The molecular weight excluding hydrogens is 394 g/mol. The lowest BCUT2D eigenvalue weighted by Gasteiger charge is -2.12. The first kappa shape index (κ1) is 21.7. The first-order valence-electron chi connectivity index (χ1n) is 9.58. The molecule has 0 unspecified atom stereocenters. The van der Waals surface area contributed by atoms with Crippen LogP contribution in [0.15, 0.2) is 54.1 Å². The number of nitrogens with zero attached hydrogens (tertiary/aromatic N) is 3. The largest absolute Gasteiger partial charge is 0.497 e. The second-order valence-corrected chi connectivity index (χ2v) is 6.86. The van der Waals surface area contributed by atoms with Gasteiger partial charge in [0.2, 0.25) is 0 Å². The normalized spacial score (nSPS) is 11.0. The van der Waals surface area contributed by atoms with Crippen LogP contribution in [0.2, 0.25) is 0 Å². The van der Waals surface area contributed by atoms with Gasteiger partial charge < -0.3 is 14.2 Å². The molecule has 7 nitrogen and oxygen atoms in total. The Bertz CT molecular complexity index is 1150. The Hall–Kier alpha value is -4.05. The number of aryl methyl sites for hydroxylation is 2. The third-order valence-electron chi connectivity index (χ3n) is 4.60. The van der Waals surface area contributed by atoms with E-state index in [1.54, 1.807) is 45.2 Å². The predicted octanol–water partition coefficient (Wildman–Crippen LogP) is 4.34. The number of benzene rings is 2. The molecule has 3 rings (SSSR count). The standard InChI is InChI=1S/C24H23N3O4/c1-16-11-17(2)27(26-16)24(28)20(14-25)12-19-7-10-22(23(13-19)30-4)31-15-18-5-8-21(29-3)9-6-18/h5-13H,15H2,1-4H3/b20-12+. The zero-order valence-corrected chi connectivity index (χ0v) is 17.9. The molecule has 1 heterocycles. The summed E-state index contributed by atoms with van der Waals surface area (Å²) in [6.07, 6.45) is 1.51. The summed E-state index contributed by atoms with van der Waals surface area (Å²) >= 11 is 0. The topological polar surface area (TPSA) is 86.4 Å². The second-order valence-electron chi connectivity index (χ2n) is 6.86. The van der Waals surface area contributed by atoms with Crippen LogP contribution in [0.5, 0.6) is 17.2 Å². The van der Waals surface area contributed by atoms with Crippen LogP contribution in [0.1, 0.15) is 27.3 Å². The SMILES string of the molecule is COc1ccc(COc2ccc(/C=C(\C#N)C(=O)n3nc(C)cc3C)cc2OC)cc1. The Morgan fingerprint density at radius 2 is 1.81 bits per heavy atom. The van der Waals surface area contributed by atoms with E-state index in [-0.39, 0.29) is 5.57 Å². The highest BCUT2D eigenvalue weighted by atomic mass is 16.5. The minimum Gasteiger partial charge on any atom is -0.497 e. The minimum atomic E-state index is -0.480. The lowest BCUT2D eigenvalue weighted by molar-refractivity contribution is 0.0943. The summed E-state index contributed by atoms with van der Waals surface area (Å²) in [5.74, 6) is 1.35. The van der Waals surface area contributed by atoms with Crippen LogP contribution in [0.25, 0.3) is 6.08 Å². The van der Waals surface area contributed by atoms with Crippen molar-refractivity contribution in [3.8, 4) is 23.3 Å². The first-order chi connectivity index (χ1) is 14.9. The summed E-state index contributed by atoms with van der Waals surface area (Å²) in [6, 6.07) is 16.6. The molecule has 2 aromatic carbocycles. The highest BCUT2D eigenvalue weighted by Crippen LogP contribution is 2.30. The van der Waals surface area contributed by atoms with Gasteiger partial charge in [0.05, 0.1) is 19.9 Å². The fourth-order valence-corrected chi connectivity index (χ4v) is 3.03. The zero-order chi connectivity index (χ0) is 22.4. The number of hydrogen-bond donors (Lipinski definition) is 0. The van der Waals surface area contributed by atoms with Gasteiger partial charge in [0, 0.05) is 5.69 Å². The molecule has 7 heteroatoms. The Kier molecular flexibility index (Phi) is 6.73. The number of nitriles is 1. The van der Waals surface area contributed by atoms with Crippen molar-refractivity contribution in [2.75, 3.05) is 14.2 Å². The van der Waals surface area contributed by atoms with Crippen LogP contribution in [-0.4, -0.2) is 29.9 Å². The molecule has 0 aliphatic heterocycles. The molecule has 0 saturated heterocycles. The number of carbonyl (C=O) groups excluding carboxylic acids is 1. The molecular formula is C24H23N3O4. The van der Waals surface area contributed by atoms with Gasteiger partial charge in [-0.15, -0.1) is 0 Å². The van der Waals surface area contributed by atoms with E-state index in [0.29, 0.717) is 35.1 Å². The van der Waals surface area contributed by atoms with Gasteiger partial charge in [-0.1, -0.05) is 18.2 Å². The summed E-state index contributed by atoms with van der Waals surface area (Å²) in [5, 5.41) is 13.7. The van der Waals surface area contributed by atoms with Crippen molar-refractivity contribution >= 4 is 12.0 Å². The molecule has 0 aliphatic carbocycles. The van der Waals surface area contributed by atoms with Crippen molar-refractivity contribution in [2.24, 2.45) is 0 Å². The summed E-state index contributed by atoms with van der Waals surface area (Å²) in [4.78, 5) is 12.7. The molecule has 0 N–H and O–H groups in total. The molecule has 0 radical (unpaired) electrons. The molecule has 158 valence electrons. The molecule has 0 spiro atoms. The van der Waals surface area contributed by atoms with Gasteiger partial charge in [-0.25, -0.2) is 4.68 Å². The van der Waals surface area contributed by atoms with Gasteiger partial charge >= 0.3 is 0 Å². The number of carbonyl (C=O) groups is 1. The Labute approximate surface area is 181 Å². The maximum Gasteiger partial charge on any atom is 0.289 e. The first-order valence-corrected chi connectivity index (χ1v) is 9.58. The number of hydrogen-bond acceptors (Lipinski definition) is 6. The van der Waals surface area contributed by atoms with Gasteiger partial charge in [-0.3, -0.25) is 4.79 Å². The maximum absolute atomic E-state index is 12.7. The smallest absolute Gasteiger partial charge is 0.289 e. The highest BCUT2D eigenvalue weighted by molar-refractivity contribution is 6.03. The van der Waals surface area contributed by atoms with Crippen molar-refractivity contribution in [1.29, 1.82) is 5.26 Å². The van der Waals surface area contributed by atoms with E-state index >= 15 is 0 Å². The van der Waals surface area contributed by atoms with Crippen molar-refractivity contribution in [2.45, 2.75) is 20.5 Å². The Morgan fingerprint density at radius 3 is 2.39 bits per heavy atom. The van der Waals surface area contributed by atoms with Crippen molar-refractivity contribution in [1.82, 2.24) is 9.78 Å². The lowest BCUT2D eigenvalue weighted by atomic mass is 10.1. The summed E-state index contributed by atoms with van der Waals surface area (Å²) in [5.41, 5.74) is 2.97. The van der Waals surface area contributed by atoms with Gasteiger partial charge in [-0.05, 0) is 61.4 Å². The van der Waals surface area contributed by atoms with Crippen LogP contribution in [0.3, 0.4) is 0 Å². The average molecular weight is 417 g/mol. The lowest BCUT2D eigenvalue weighted by Crippen LogP contribution is -2.15. The molecule has 0 aliphatic rings. The van der Waals surface area contributed by atoms with E-state index in [2.05, 4.69) is 5.10 Å². The van der Waals surface area contributed by atoms with Crippen molar-refractivity contribution in [3.63, 3.8) is 0 Å². The predicted molar refractivity (Wildman–Crippen MR) is 116 cm³/mol. The number of methoxy groups -OCH3 is 2. The fourth-order valence-electron chi connectivity index (χ4n) is 3.03. The average Bonchev–Trinajstić information content (AvgIpc) is 3.13. The van der Waals surface area contributed by atoms with Crippen molar-refractivity contribution < 1.29 is 19.0 Å². The van der Waals surface area contributed by atoms with Gasteiger partial charge in [0.1, 0.15) is 24.0 Å². The van der Waals surface area contributed by atoms with Crippen LogP contribution >= 0.6 is 0 Å². The van der Waals surface area contributed by atoms with Gasteiger partial charge in [0.25, 0.3) is 5.91 Å². The van der Waals surface area contributed by atoms with E-state index in [1.165, 1.54) is 17.9 Å². The van der Waals surface area contributed by atoms with E-state index in [4.69, 9.17) is 14.2 Å². The molecule has 0 saturated carbocycles. The minimum absolute atomic E-state index is 0.0276. The quantitative estimate of drug-likeness (QED) is 0.420. The zero-order valence-electron chi connectivity index (χ0n) is 17.9. The summed E-state index contributed by atoms with van der Waals surface area (Å²) < 4.78 is 17.7. The number of allylic oxidation sites excluding steroid dienone is 1. The van der Waals surface area contributed by atoms with Crippen molar-refractivity contribution in [3.05, 3.63) is 76.6 Å². The molecule has 3 aromatic rings. The summed E-state index contributed by atoms with van der Waals surface area (Å²) in [6.45, 7) is 3.92. The maximum atomic E-state index is 12.7. The van der Waals surface area contributed by atoms with E-state index in [1.807, 2.05) is 30.3 Å². The van der Waals surface area contributed by atoms with Crippen LogP contribution < -0.4 is 14.2 Å². The second kappa shape index (κ2) is 9.63. The molecule has 0 atom stereocenters. The third kappa shape index (κ3) is 5.11. The number of aromatic nitrogens is 2. The molecule has 1 aromatic heterocycles. The monoisotopic (exact) mass is 417 g/mol. The summed E-state index contributed by atoms with van der Waals surface area (Å²) in [7, 11) is 3.16. The number of ether oxygens (including phenoxy) is 3. The Balaban J connectivity index is 1.79. The molecule has 0 fully saturated rings.